The Bertz CT molecular complexity index is 374. The van der Waals surface area contributed by atoms with Crippen molar-refractivity contribution in [3.05, 3.63) is 29.9 Å². The van der Waals surface area contributed by atoms with E-state index in [0.29, 0.717) is 0 Å². The number of fused-ring (bicyclic) bond motifs is 1. The molecule has 3 heteroatoms. The Morgan fingerprint density at radius 2 is 2.00 bits per heavy atom. The van der Waals surface area contributed by atoms with Gasteiger partial charge >= 0.3 is 0 Å². The molecular weight excluding hydrogens is 414 g/mol. The zero-order valence-electron chi connectivity index (χ0n) is 8.78. The zero-order valence-corrected chi connectivity index (χ0v) is 13.1. The van der Waals surface area contributed by atoms with E-state index in [-0.39, 0.29) is 0 Å². The molecule has 0 fully saturated rings. The lowest BCUT2D eigenvalue weighted by atomic mass is 10.0. The molecule has 82 valence electrons. The fraction of sp³-hybridized carbons (Fsp3) is 0.500. The van der Waals surface area contributed by atoms with Crippen molar-refractivity contribution < 1.29 is 4.74 Å². The van der Waals surface area contributed by atoms with Crippen LogP contribution in [0.1, 0.15) is 36.5 Å². The number of halogens is 2. The van der Waals surface area contributed by atoms with Crippen LogP contribution in [-0.4, -0.2) is 0 Å². The maximum absolute atomic E-state index is 5.53. The van der Waals surface area contributed by atoms with Crippen LogP contribution in [0.3, 0.4) is 0 Å². The lowest BCUT2D eigenvalue weighted by Gasteiger charge is -2.10. The predicted molar refractivity (Wildman–Crippen MR) is 79.0 cm³/mol. The normalized spacial score (nSPS) is 14.3. The summed E-state index contributed by atoms with van der Waals surface area (Å²) in [7, 11) is 0. The molecule has 0 atom stereocenters. The van der Waals surface area contributed by atoms with Crippen molar-refractivity contribution in [2.45, 2.75) is 39.4 Å². The maximum Gasteiger partial charge on any atom is 0.0735 e. The van der Waals surface area contributed by atoms with Crippen LogP contribution in [0, 0.1) is 7.14 Å². The van der Waals surface area contributed by atoms with Crippen LogP contribution in [0.4, 0.5) is 0 Å². The van der Waals surface area contributed by atoms with Gasteiger partial charge in [-0.15, -0.1) is 0 Å². The number of ether oxygens (including phenoxy) is 1. The monoisotopic (exact) mass is 428 g/mol. The molecule has 0 unspecified atom stereocenters. The minimum atomic E-state index is 0.803. The van der Waals surface area contributed by atoms with Gasteiger partial charge in [-0.3, -0.25) is 0 Å². The highest BCUT2D eigenvalue weighted by Gasteiger charge is 2.19. The van der Waals surface area contributed by atoms with Gasteiger partial charge in [0.25, 0.3) is 0 Å². The van der Waals surface area contributed by atoms with Crippen LogP contribution in [0.15, 0.2) is 6.07 Å². The van der Waals surface area contributed by atoms with E-state index in [1.165, 1.54) is 43.1 Å². The lowest BCUT2D eigenvalue weighted by Crippen LogP contribution is -1.98. The van der Waals surface area contributed by atoms with E-state index >= 15 is 0 Å². The van der Waals surface area contributed by atoms with Gasteiger partial charge in [0.2, 0.25) is 0 Å². The molecule has 0 aromatic heterocycles. The number of unbranched alkanes of at least 4 members (excludes halogenated alkanes) is 1. The van der Waals surface area contributed by atoms with E-state index in [9.17, 15) is 0 Å². The van der Waals surface area contributed by atoms with Crippen LogP contribution in [0.25, 0.3) is 0 Å². The molecule has 1 aromatic carbocycles. The summed E-state index contributed by atoms with van der Waals surface area (Å²) < 4.78 is 8.35. The average Bonchev–Trinajstić information content (AvgIpc) is 2.70. The molecule has 0 aliphatic carbocycles. The molecule has 0 amide bonds. The molecule has 0 N–H and O–H groups in total. The first kappa shape index (κ1) is 12.1. The SMILES string of the molecule is CCCCc1cc(I)c2c(c1I)COC2. The third kappa shape index (κ3) is 2.49. The fourth-order valence-electron chi connectivity index (χ4n) is 1.88. The molecule has 2 rings (SSSR count). The van der Waals surface area contributed by atoms with Gasteiger partial charge in [-0.05, 0) is 80.8 Å². The van der Waals surface area contributed by atoms with Gasteiger partial charge in [-0.2, -0.15) is 0 Å². The molecule has 1 aliphatic heterocycles. The molecule has 1 heterocycles. The van der Waals surface area contributed by atoms with Crippen LogP contribution >= 0.6 is 45.2 Å². The molecule has 1 aromatic rings. The molecule has 0 bridgehead atoms. The summed E-state index contributed by atoms with van der Waals surface area (Å²) in [6, 6.07) is 2.34. The second-order valence-corrected chi connectivity index (χ2v) is 6.13. The Hall–Kier alpha value is 0.640. The number of hydrogen-bond acceptors (Lipinski definition) is 1. The molecule has 1 aliphatic rings. The number of rotatable bonds is 3. The van der Waals surface area contributed by atoms with Gasteiger partial charge in [0.05, 0.1) is 13.2 Å². The van der Waals surface area contributed by atoms with Gasteiger partial charge in [0.1, 0.15) is 0 Å². The summed E-state index contributed by atoms with van der Waals surface area (Å²) in [5, 5.41) is 0. The number of hydrogen-bond donors (Lipinski definition) is 0. The van der Waals surface area contributed by atoms with Gasteiger partial charge in [-0.1, -0.05) is 13.3 Å². The standard InChI is InChI=1S/C12H14I2O/c1-2-3-4-8-5-11(13)9-6-15-7-10(9)12(8)14/h5H,2-4,6-7H2,1H3. The quantitative estimate of drug-likeness (QED) is 0.654. The van der Waals surface area contributed by atoms with E-state index in [0.717, 1.165) is 13.2 Å². The van der Waals surface area contributed by atoms with E-state index < -0.39 is 0 Å². The van der Waals surface area contributed by atoms with Crippen LogP contribution in [0.2, 0.25) is 0 Å². The van der Waals surface area contributed by atoms with Crippen molar-refractivity contribution in [2.24, 2.45) is 0 Å². The van der Waals surface area contributed by atoms with E-state index in [1.54, 1.807) is 0 Å². The summed E-state index contributed by atoms with van der Waals surface area (Å²) in [5.74, 6) is 0. The largest absolute Gasteiger partial charge is 0.372 e. The summed E-state index contributed by atoms with van der Waals surface area (Å²) in [6.07, 6.45) is 3.75. The van der Waals surface area contributed by atoms with Crippen molar-refractivity contribution in [2.75, 3.05) is 0 Å². The molecule has 15 heavy (non-hydrogen) atoms. The Kier molecular flexibility index (Phi) is 4.29. The third-order valence-corrected chi connectivity index (χ3v) is 5.10. The third-order valence-electron chi connectivity index (χ3n) is 2.79. The first-order chi connectivity index (χ1) is 7.24. The Labute approximate surface area is 118 Å². The predicted octanol–water partition coefficient (Wildman–Crippen LogP) is 4.27. The highest BCUT2D eigenvalue weighted by Crippen LogP contribution is 2.32. The van der Waals surface area contributed by atoms with Crippen molar-refractivity contribution in [1.29, 1.82) is 0 Å². The van der Waals surface area contributed by atoms with Crippen molar-refractivity contribution >= 4 is 45.2 Å². The van der Waals surface area contributed by atoms with Crippen molar-refractivity contribution in [3.63, 3.8) is 0 Å². The first-order valence-corrected chi connectivity index (χ1v) is 7.46. The van der Waals surface area contributed by atoms with Crippen molar-refractivity contribution in [1.82, 2.24) is 0 Å². The van der Waals surface area contributed by atoms with E-state index in [2.05, 4.69) is 58.2 Å². The highest BCUT2D eigenvalue weighted by atomic mass is 127. The summed E-state index contributed by atoms with van der Waals surface area (Å²) in [5.41, 5.74) is 4.36. The molecule has 0 radical (unpaired) electrons. The minimum Gasteiger partial charge on any atom is -0.372 e. The smallest absolute Gasteiger partial charge is 0.0735 e. The number of aryl methyl sites for hydroxylation is 1. The Balaban J connectivity index is 2.36. The summed E-state index contributed by atoms with van der Waals surface area (Å²) >= 11 is 4.92. The van der Waals surface area contributed by atoms with Crippen LogP contribution in [0.5, 0.6) is 0 Å². The fourth-order valence-corrected chi connectivity index (χ4v) is 3.65. The van der Waals surface area contributed by atoms with E-state index in [4.69, 9.17) is 4.74 Å². The lowest BCUT2D eigenvalue weighted by molar-refractivity contribution is 0.134. The molecule has 0 spiro atoms. The summed E-state index contributed by atoms with van der Waals surface area (Å²) in [6.45, 7) is 3.86. The first-order valence-electron chi connectivity index (χ1n) is 5.30. The molecule has 1 nitrogen and oxygen atoms in total. The van der Waals surface area contributed by atoms with Gasteiger partial charge in [0, 0.05) is 7.14 Å². The minimum absolute atomic E-state index is 0.803. The van der Waals surface area contributed by atoms with Gasteiger partial charge in [-0.25, -0.2) is 0 Å². The topological polar surface area (TPSA) is 9.23 Å². The highest BCUT2D eigenvalue weighted by molar-refractivity contribution is 14.1. The maximum atomic E-state index is 5.53. The van der Waals surface area contributed by atoms with Crippen LogP contribution in [-0.2, 0) is 24.4 Å². The zero-order chi connectivity index (χ0) is 10.8. The second kappa shape index (κ2) is 5.31. The molecule has 0 saturated carbocycles. The average molecular weight is 428 g/mol. The molecular formula is C12H14I2O. The van der Waals surface area contributed by atoms with Crippen LogP contribution < -0.4 is 0 Å². The van der Waals surface area contributed by atoms with Gasteiger partial charge in [0.15, 0.2) is 0 Å². The number of benzene rings is 1. The van der Waals surface area contributed by atoms with E-state index in [1.807, 2.05) is 0 Å². The Morgan fingerprint density at radius 3 is 2.73 bits per heavy atom. The summed E-state index contributed by atoms with van der Waals surface area (Å²) in [4.78, 5) is 0. The van der Waals surface area contributed by atoms with Crippen molar-refractivity contribution in [3.8, 4) is 0 Å². The molecule has 0 saturated heterocycles. The Morgan fingerprint density at radius 1 is 1.27 bits per heavy atom. The van der Waals surface area contributed by atoms with Gasteiger partial charge < -0.3 is 4.74 Å². The second-order valence-electron chi connectivity index (χ2n) is 3.88.